The molecule has 0 bridgehead atoms. The highest BCUT2D eigenvalue weighted by atomic mass is 31.2. The Kier molecular flexibility index (Phi) is 9.66. The van der Waals surface area contributed by atoms with Crippen LogP contribution in [0.1, 0.15) is 22.8 Å². The molecule has 162 valence electrons. The highest BCUT2D eigenvalue weighted by Gasteiger charge is 2.43. The van der Waals surface area contributed by atoms with Gasteiger partial charge in [-0.2, -0.15) is 0 Å². The zero-order chi connectivity index (χ0) is 22.0. The summed E-state index contributed by atoms with van der Waals surface area (Å²) in [5, 5.41) is 20.6. The molecule has 0 radical (unpaired) electrons. The fraction of sp³-hybridized carbons (Fsp3) is 0.304. The number of para-hydroxylation sites is 1. The molecule has 0 heterocycles. The maximum Gasteiger partial charge on any atom is 0.327 e. The van der Waals surface area contributed by atoms with Crippen LogP contribution in [0.4, 0.5) is 0 Å². The molecule has 0 saturated heterocycles. The number of allylic oxidation sites excluding steroid dienone is 2. The maximum absolute atomic E-state index is 10.3. The van der Waals surface area contributed by atoms with Gasteiger partial charge in [0, 0.05) is 0 Å². The van der Waals surface area contributed by atoms with Crippen molar-refractivity contribution >= 4 is 8.60 Å². The lowest BCUT2D eigenvalue weighted by Gasteiger charge is -2.39. The lowest BCUT2D eigenvalue weighted by molar-refractivity contribution is -0.0703. The Bertz CT molecular complexity index is 819. The molecular weight excluding hydrogens is 403 g/mol. The quantitative estimate of drug-likeness (QED) is 0.286. The van der Waals surface area contributed by atoms with E-state index >= 15 is 0 Å². The highest BCUT2D eigenvalue weighted by Crippen LogP contribution is 2.42. The molecule has 0 aliphatic carbocycles. The van der Waals surface area contributed by atoms with E-state index in [1.165, 1.54) is 0 Å². The number of aliphatic hydroxyl groups is 2. The normalized spacial score (nSPS) is 12.6. The van der Waals surface area contributed by atoms with Gasteiger partial charge in [-0.15, -0.1) is 13.2 Å². The average molecular weight is 432 g/mol. The highest BCUT2D eigenvalue weighted by molar-refractivity contribution is 7.39. The maximum atomic E-state index is 10.3. The molecule has 0 aliphatic rings. The van der Waals surface area contributed by atoms with Crippen LogP contribution in [-0.2, 0) is 17.4 Å². The molecule has 2 aromatic carbocycles. The lowest BCUT2D eigenvalue weighted by Crippen LogP contribution is -2.43. The number of benzene rings is 2. The van der Waals surface area contributed by atoms with Gasteiger partial charge >= 0.3 is 8.60 Å². The summed E-state index contributed by atoms with van der Waals surface area (Å²) in [4.78, 5) is 18.5. The van der Waals surface area contributed by atoms with Gasteiger partial charge in [-0.25, -0.2) is 0 Å². The van der Waals surface area contributed by atoms with Gasteiger partial charge < -0.3 is 29.3 Å². The zero-order valence-corrected chi connectivity index (χ0v) is 17.7. The van der Waals surface area contributed by atoms with Crippen molar-refractivity contribution < 1.29 is 29.3 Å². The van der Waals surface area contributed by atoms with Crippen LogP contribution >= 0.6 is 8.60 Å². The Labute approximate surface area is 178 Å². The van der Waals surface area contributed by atoms with E-state index in [-0.39, 0.29) is 6.61 Å². The molecule has 0 saturated carbocycles. The van der Waals surface area contributed by atoms with E-state index in [1.54, 1.807) is 12.2 Å². The van der Waals surface area contributed by atoms with Crippen molar-refractivity contribution in [3.8, 4) is 5.75 Å². The molecule has 0 spiro atoms. The fourth-order valence-electron chi connectivity index (χ4n) is 3.29. The van der Waals surface area contributed by atoms with E-state index < -0.39 is 33.3 Å². The van der Waals surface area contributed by atoms with Crippen molar-refractivity contribution in [2.75, 3.05) is 19.8 Å². The monoisotopic (exact) mass is 432 g/mol. The Morgan fingerprint density at radius 1 is 0.900 bits per heavy atom. The van der Waals surface area contributed by atoms with Gasteiger partial charge in [-0.1, -0.05) is 54.6 Å². The molecule has 1 atom stereocenters. The van der Waals surface area contributed by atoms with Crippen molar-refractivity contribution in [1.82, 2.24) is 0 Å². The van der Waals surface area contributed by atoms with E-state index in [9.17, 15) is 20.0 Å². The standard InChI is InChI=1S/C23H29O6P/c1-3-9-18-11-5-7-13-20(18)22(23(15-24,16-25)17-28-30(26)27)29-21-14-8-6-12-19(21)10-4-2/h3-8,11-14,22,24-27H,1-2,9-10,15-17H2. The minimum atomic E-state index is -2.66. The molecule has 0 aromatic heterocycles. The third-order valence-corrected chi connectivity index (χ3v) is 5.30. The average Bonchev–Trinajstić information content (AvgIpc) is 2.76. The van der Waals surface area contributed by atoms with Crippen molar-refractivity contribution in [1.29, 1.82) is 0 Å². The number of rotatable bonds is 13. The summed E-state index contributed by atoms with van der Waals surface area (Å²) in [6.07, 6.45) is 3.84. The SMILES string of the molecule is C=CCc1ccccc1OC(c1ccccc1CC=C)C(CO)(CO)COP(O)O. The fourth-order valence-corrected chi connectivity index (χ4v) is 3.66. The Balaban J connectivity index is 2.60. The Morgan fingerprint density at radius 3 is 2.07 bits per heavy atom. The second-order valence-electron chi connectivity index (χ2n) is 6.99. The van der Waals surface area contributed by atoms with Crippen LogP contribution in [0, 0.1) is 5.41 Å². The molecule has 0 aliphatic heterocycles. The first kappa shape index (κ1) is 24.2. The van der Waals surface area contributed by atoms with Gasteiger partial charge in [0.05, 0.1) is 25.2 Å². The van der Waals surface area contributed by atoms with Crippen LogP contribution in [0.3, 0.4) is 0 Å². The predicted molar refractivity (Wildman–Crippen MR) is 118 cm³/mol. The number of aliphatic hydroxyl groups excluding tert-OH is 2. The molecule has 30 heavy (non-hydrogen) atoms. The molecule has 7 heteroatoms. The number of hydrogen-bond acceptors (Lipinski definition) is 6. The van der Waals surface area contributed by atoms with Crippen molar-refractivity contribution in [2.45, 2.75) is 18.9 Å². The van der Waals surface area contributed by atoms with Gasteiger partial charge in [0.15, 0.2) is 0 Å². The van der Waals surface area contributed by atoms with Crippen molar-refractivity contribution in [3.63, 3.8) is 0 Å². The molecular formula is C23H29O6P. The third kappa shape index (κ3) is 5.99. The van der Waals surface area contributed by atoms with Gasteiger partial charge in [-0.3, -0.25) is 0 Å². The Hall–Kier alpha value is -2.05. The Morgan fingerprint density at radius 2 is 1.47 bits per heavy atom. The largest absolute Gasteiger partial charge is 0.485 e. The van der Waals surface area contributed by atoms with Crippen LogP contribution in [-0.4, -0.2) is 39.8 Å². The van der Waals surface area contributed by atoms with Crippen LogP contribution < -0.4 is 4.74 Å². The summed E-state index contributed by atoms with van der Waals surface area (Å²) in [7, 11) is -2.66. The minimum Gasteiger partial charge on any atom is -0.485 e. The summed E-state index contributed by atoms with van der Waals surface area (Å²) >= 11 is 0. The smallest absolute Gasteiger partial charge is 0.327 e. The number of hydrogen-bond donors (Lipinski definition) is 4. The van der Waals surface area contributed by atoms with Crippen molar-refractivity contribution in [2.24, 2.45) is 5.41 Å². The van der Waals surface area contributed by atoms with Gasteiger partial charge in [0.2, 0.25) is 0 Å². The van der Waals surface area contributed by atoms with Gasteiger partial charge in [0.1, 0.15) is 11.9 Å². The first-order valence-electron chi connectivity index (χ1n) is 9.58. The summed E-state index contributed by atoms with van der Waals surface area (Å²) in [6.45, 7) is 6.28. The molecule has 0 amide bonds. The van der Waals surface area contributed by atoms with Gasteiger partial charge in [0.25, 0.3) is 0 Å². The van der Waals surface area contributed by atoms with E-state index in [4.69, 9.17) is 9.26 Å². The first-order valence-corrected chi connectivity index (χ1v) is 10.7. The van der Waals surface area contributed by atoms with Crippen LogP contribution in [0.5, 0.6) is 5.75 Å². The van der Waals surface area contributed by atoms with Crippen LogP contribution in [0.15, 0.2) is 73.8 Å². The van der Waals surface area contributed by atoms with Crippen molar-refractivity contribution in [3.05, 3.63) is 90.5 Å². The zero-order valence-electron chi connectivity index (χ0n) is 16.9. The topological polar surface area (TPSA) is 99.4 Å². The molecule has 4 N–H and O–H groups in total. The summed E-state index contributed by atoms with van der Waals surface area (Å²) < 4.78 is 11.5. The van der Waals surface area contributed by atoms with E-state index in [0.717, 1.165) is 16.7 Å². The molecule has 0 fully saturated rings. The van der Waals surface area contributed by atoms with E-state index in [2.05, 4.69) is 13.2 Å². The van der Waals surface area contributed by atoms with Gasteiger partial charge in [-0.05, 0) is 35.6 Å². The molecule has 6 nitrogen and oxygen atoms in total. The summed E-state index contributed by atoms with van der Waals surface area (Å²) in [5.74, 6) is 0.581. The number of ether oxygens (including phenoxy) is 1. The predicted octanol–water partition coefficient (Wildman–Crippen LogP) is 3.46. The first-order chi connectivity index (χ1) is 14.5. The second-order valence-corrected chi connectivity index (χ2v) is 7.76. The minimum absolute atomic E-state index is 0.310. The lowest BCUT2D eigenvalue weighted by atomic mass is 9.79. The summed E-state index contributed by atoms with van der Waals surface area (Å²) in [6, 6.07) is 15.0. The second kappa shape index (κ2) is 12.0. The molecule has 1 unspecified atom stereocenters. The molecule has 2 aromatic rings. The third-order valence-electron chi connectivity index (χ3n) is 4.94. The van der Waals surface area contributed by atoms with E-state index in [0.29, 0.717) is 18.6 Å². The van der Waals surface area contributed by atoms with Crippen LogP contribution in [0.25, 0.3) is 0 Å². The van der Waals surface area contributed by atoms with E-state index in [1.807, 2.05) is 48.5 Å². The molecule has 2 rings (SSSR count). The van der Waals surface area contributed by atoms with Crippen LogP contribution in [0.2, 0.25) is 0 Å². The summed E-state index contributed by atoms with van der Waals surface area (Å²) in [5.41, 5.74) is 1.24.